The highest BCUT2D eigenvalue weighted by Crippen LogP contribution is 2.09. The second-order valence-corrected chi connectivity index (χ2v) is 3.52. The predicted octanol–water partition coefficient (Wildman–Crippen LogP) is 1.76. The van der Waals surface area contributed by atoms with Gasteiger partial charge in [-0.25, -0.2) is 0 Å². The van der Waals surface area contributed by atoms with E-state index in [9.17, 15) is 9.90 Å². The first-order valence-corrected chi connectivity index (χ1v) is 4.20. The summed E-state index contributed by atoms with van der Waals surface area (Å²) in [5, 5.41) is 9.32. The van der Waals surface area contributed by atoms with Crippen molar-refractivity contribution >= 4 is 5.78 Å². The summed E-state index contributed by atoms with van der Waals surface area (Å²) in [6, 6.07) is 0. The van der Waals surface area contributed by atoms with Crippen LogP contribution in [0.15, 0.2) is 0 Å². The number of rotatable bonds is 5. The molecule has 0 radical (unpaired) electrons. The van der Waals surface area contributed by atoms with Gasteiger partial charge in [-0.15, -0.1) is 0 Å². The van der Waals surface area contributed by atoms with Crippen molar-refractivity contribution < 1.29 is 9.90 Å². The maximum absolute atomic E-state index is 10.5. The number of ketones is 1. The van der Waals surface area contributed by atoms with E-state index in [1.807, 2.05) is 0 Å². The van der Waals surface area contributed by atoms with E-state index in [2.05, 4.69) is 13.8 Å². The maximum Gasteiger partial charge on any atom is 0.129 e. The molecule has 1 N–H and O–H groups in total. The number of hydrogen-bond acceptors (Lipinski definition) is 2. The van der Waals surface area contributed by atoms with Crippen molar-refractivity contribution in [1.82, 2.24) is 0 Å². The van der Waals surface area contributed by atoms with Crippen molar-refractivity contribution in [3.05, 3.63) is 0 Å². The van der Waals surface area contributed by atoms with Crippen LogP contribution in [-0.4, -0.2) is 17.0 Å². The highest BCUT2D eigenvalue weighted by atomic mass is 16.3. The topological polar surface area (TPSA) is 37.3 Å². The van der Waals surface area contributed by atoms with Crippen LogP contribution in [-0.2, 0) is 4.79 Å². The van der Waals surface area contributed by atoms with Gasteiger partial charge in [0.25, 0.3) is 0 Å². The normalized spacial score (nSPS) is 13.5. The number of carbonyl (C=O) groups is 1. The van der Waals surface area contributed by atoms with E-state index < -0.39 is 0 Å². The highest BCUT2D eigenvalue weighted by Gasteiger charge is 2.07. The van der Waals surface area contributed by atoms with Crippen molar-refractivity contribution in [3.8, 4) is 0 Å². The Morgan fingerprint density at radius 2 is 2.00 bits per heavy atom. The molecule has 1 unspecified atom stereocenters. The van der Waals surface area contributed by atoms with Gasteiger partial charge in [-0.1, -0.05) is 13.8 Å². The standard InChI is InChI=1S/C9H18O2/c1-7(2)6-9(11)5-4-8(3)10/h7,9,11H,4-6H2,1-3H3. The lowest BCUT2D eigenvalue weighted by Gasteiger charge is -2.11. The summed E-state index contributed by atoms with van der Waals surface area (Å²) in [5.74, 6) is 0.671. The average Bonchev–Trinajstić information content (AvgIpc) is 1.82. The van der Waals surface area contributed by atoms with Crippen LogP contribution in [0.2, 0.25) is 0 Å². The molecule has 0 fully saturated rings. The predicted molar refractivity (Wildman–Crippen MR) is 45.4 cm³/mol. The van der Waals surface area contributed by atoms with Crippen LogP contribution in [0, 0.1) is 5.92 Å². The van der Waals surface area contributed by atoms with Gasteiger partial charge in [-0.3, -0.25) is 0 Å². The minimum absolute atomic E-state index is 0.160. The van der Waals surface area contributed by atoms with E-state index in [1.165, 1.54) is 0 Å². The summed E-state index contributed by atoms with van der Waals surface area (Å²) < 4.78 is 0. The first-order valence-electron chi connectivity index (χ1n) is 4.20. The van der Waals surface area contributed by atoms with Crippen molar-refractivity contribution in [1.29, 1.82) is 0 Å². The first kappa shape index (κ1) is 10.6. The number of aliphatic hydroxyl groups excluding tert-OH is 1. The molecule has 0 aliphatic heterocycles. The second-order valence-electron chi connectivity index (χ2n) is 3.52. The van der Waals surface area contributed by atoms with Crippen molar-refractivity contribution in [3.63, 3.8) is 0 Å². The van der Waals surface area contributed by atoms with Gasteiger partial charge in [0.15, 0.2) is 0 Å². The molecule has 2 heteroatoms. The van der Waals surface area contributed by atoms with E-state index in [-0.39, 0.29) is 11.9 Å². The zero-order chi connectivity index (χ0) is 8.85. The minimum atomic E-state index is -0.293. The zero-order valence-corrected chi connectivity index (χ0v) is 7.63. The van der Waals surface area contributed by atoms with Gasteiger partial charge in [0.05, 0.1) is 6.10 Å². The van der Waals surface area contributed by atoms with Crippen LogP contribution >= 0.6 is 0 Å². The van der Waals surface area contributed by atoms with E-state index in [0.717, 1.165) is 6.42 Å². The Hall–Kier alpha value is -0.370. The molecule has 66 valence electrons. The second kappa shape index (κ2) is 5.30. The summed E-state index contributed by atoms with van der Waals surface area (Å²) in [4.78, 5) is 10.5. The Morgan fingerprint density at radius 1 is 1.45 bits per heavy atom. The summed E-state index contributed by atoms with van der Waals surface area (Å²) >= 11 is 0. The monoisotopic (exact) mass is 158 g/mol. The third-order valence-electron chi connectivity index (χ3n) is 1.57. The summed E-state index contributed by atoms with van der Waals surface area (Å²) in [6.07, 6.45) is 1.63. The fraction of sp³-hybridized carbons (Fsp3) is 0.889. The van der Waals surface area contributed by atoms with Crippen molar-refractivity contribution in [2.24, 2.45) is 5.92 Å². The fourth-order valence-corrected chi connectivity index (χ4v) is 1.03. The summed E-state index contributed by atoms with van der Waals surface area (Å²) in [5.41, 5.74) is 0. The molecule has 0 aliphatic carbocycles. The molecule has 0 aromatic carbocycles. The van der Waals surface area contributed by atoms with E-state index >= 15 is 0 Å². The van der Waals surface area contributed by atoms with Crippen LogP contribution in [0.4, 0.5) is 0 Å². The van der Waals surface area contributed by atoms with Gasteiger partial charge in [-0.2, -0.15) is 0 Å². The van der Waals surface area contributed by atoms with Crippen LogP contribution in [0.3, 0.4) is 0 Å². The smallest absolute Gasteiger partial charge is 0.129 e. The third-order valence-corrected chi connectivity index (χ3v) is 1.57. The molecular weight excluding hydrogens is 140 g/mol. The molecule has 0 heterocycles. The van der Waals surface area contributed by atoms with Gasteiger partial charge in [-0.05, 0) is 25.7 Å². The Bertz CT molecular complexity index is 119. The van der Waals surface area contributed by atoms with Gasteiger partial charge >= 0.3 is 0 Å². The summed E-state index contributed by atoms with van der Waals surface area (Å²) in [7, 11) is 0. The van der Waals surface area contributed by atoms with E-state index in [0.29, 0.717) is 18.8 Å². The quantitative estimate of drug-likeness (QED) is 0.662. The minimum Gasteiger partial charge on any atom is -0.393 e. The molecule has 2 nitrogen and oxygen atoms in total. The Morgan fingerprint density at radius 3 is 2.36 bits per heavy atom. The van der Waals surface area contributed by atoms with Crippen LogP contribution in [0.25, 0.3) is 0 Å². The summed E-state index contributed by atoms with van der Waals surface area (Å²) in [6.45, 7) is 5.69. The van der Waals surface area contributed by atoms with E-state index in [1.54, 1.807) is 6.92 Å². The number of carbonyl (C=O) groups excluding carboxylic acids is 1. The molecule has 0 bridgehead atoms. The molecule has 0 saturated heterocycles. The zero-order valence-electron chi connectivity index (χ0n) is 7.63. The van der Waals surface area contributed by atoms with Crippen LogP contribution in [0.5, 0.6) is 0 Å². The van der Waals surface area contributed by atoms with Gasteiger partial charge in [0.2, 0.25) is 0 Å². The molecule has 0 rings (SSSR count). The van der Waals surface area contributed by atoms with Crippen molar-refractivity contribution in [2.75, 3.05) is 0 Å². The number of aliphatic hydroxyl groups is 1. The number of hydrogen-bond donors (Lipinski definition) is 1. The van der Waals surface area contributed by atoms with Crippen molar-refractivity contribution in [2.45, 2.75) is 46.1 Å². The van der Waals surface area contributed by atoms with Crippen LogP contribution in [0.1, 0.15) is 40.0 Å². The molecule has 11 heavy (non-hydrogen) atoms. The Labute approximate surface area is 68.6 Å². The SMILES string of the molecule is CC(=O)CCC(O)CC(C)C. The molecule has 0 saturated carbocycles. The maximum atomic E-state index is 10.5. The lowest BCUT2D eigenvalue weighted by atomic mass is 10.0. The largest absolute Gasteiger partial charge is 0.393 e. The van der Waals surface area contributed by atoms with Gasteiger partial charge in [0, 0.05) is 6.42 Å². The lowest BCUT2D eigenvalue weighted by Crippen LogP contribution is -2.11. The lowest BCUT2D eigenvalue weighted by molar-refractivity contribution is -0.117. The Kier molecular flexibility index (Phi) is 5.12. The van der Waals surface area contributed by atoms with Crippen LogP contribution < -0.4 is 0 Å². The first-order chi connectivity index (χ1) is 5.02. The molecular formula is C9H18O2. The number of Topliss-reactive ketones (excluding diaryl/α,β-unsaturated/α-hetero) is 1. The average molecular weight is 158 g/mol. The Balaban J connectivity index is 3.37. The van der Waals surface area contributed by atoms with Gasteiger partial charge in [0.1, 0.15) is 5.78 Å². The van der Waals surface area contributed by atoms with Gasteiger partial charge < -0.3 is 9.90 Å². The fourth-order valence-electron chi connectivity index (χ4n) is 1.03. The molecule has 0 amide bonds. The molecule has 0 aromatic rings. The molecule has 0 aromatic heterocycles. The molecule has 0 aliphatic rings. The third kappa shape index (κ3) is 7.53. The highest BCUT2D eigenvalue weighted by molar-refractivity contribution is 5.75. The molecule has 1 atom stereocenters. The van der Waals surface area contributed by atoms with E-state index in [4.69, 9.17) is 0 Å². The molecule has 0 spiro atoms.